The number of nitrogens with one attached hydrogen (secondary N) is 2. The highest BCUT2D eigenvalue weighted by atomic mass is 19.1. The Kier molecular flexibility index (Phi) is 6.54. The van der Waals surface area contributed by atoms with Gasteiger partial charge in [0.1, 0.15) is 12.4 Å². The molecule has 0 fully saturated rings. The van der Waals surface area contributed by atoms with Crippen molar-refractivity contribution in [2.24, 2.45) is 5.16 Å². The number of nitrogens with zero attached hydrogens (tertiary/aromatic N) is 3. The van der Waals surface area contributed by atoms with Gasteiger partial charge in [-0.2, -0.15) is 4.39 Å². The zero-order chi connectivity index (χ0) is 22.3. The lowest BCUT2D eigenvalue weighted by Crippen LogP contribution is -2.33. The van der Waals surface area contributed by atoms with Crippen LogP contribution in [0.4, 0.5) is 14.9 Å². The Balaban J connectivity index is 1.25. The highest BCUT2D eigenvalue weighted by molar-refractivity contribution is 5.94. The molecule has 2 N–H and O–H groups in total. The van der Waals surface area contributed by atoms with Crippen molar-refractivity contribution in [2.45, 2.75) is 19.4 Å². The molecule has 164 valence electrons. The summed E-state index contributed by atoms with van der Waals surface area (Å²) in [6.45, 7) is 2.40. The number of benzene rings is 1. The van der Waals surface area contributed by atoms with Crippen LogP contribution in [0.5, 0.6) is 5.75 Å². The third-order valence-electron chi connectivity index (χ3n) is 4.75. The minimum Gasteiger partial charge on any atom is -0.489 e. The van der Waals surface area contributed by atoms with Gasteiger partial charge >= 0.3 is 6.03 Å². The molecule has 3 aromatic rings. The van der Waals surface area contributed by atoms with Gasteiger partial charge in [-0.25, -0.2) is 9.78 Å². The van der Waals surface area contributed by atoms with Crippen LogP contribution in [0.1, 0.15) is 12.1 Å². The van der Waals surface area contributed by atoms with Gasteiger partial charge in [-0.05, 0) is 37.3 Å². The zero-order valence-corrected chi connectivity index (χ0v) is 17.4. The Morgan fingerprint density at radius 1 is 1.22 bits per heavy atom. The Morgan fingerprint density at radius 3 is 2.91 bits per heavy atom. The number of oxime groups is 1. The molecule has 0 radical (unpaired) electrons. The number of ether oxygens (including phenoxy) is 1. The molecule has 8 nitrogen and oxygen atoms in total. The standard InChI is InChI=1S/C23H22FN5O3/c1-15-10-17(8-9-25-15)28-23(30)27-13-18-11-19(32-29-18)14-31-21-5-3-2-4-20(21)16-6-7-22(24)26-12-16/h2-10,12,19H,11,13-14H2,1H3,(H2,25,27,28,30). The molecule has 0 saturated heterocycles. The van der Waals surface area contributed by atoms with Gasteiger partial charge in [0.15, 0.2) is 6.10 Å². The van der Waals surface area contributed by atoms with Crippen molar-refractivity contribution in [3.8, 4) is 16.9 Å². The van der Waals surface area contributed by atoms with Crippen LogP contribution in [0.15, 0.2) is 66.1 Å². The number of hydrogen-bond acceptors (Lipinski definition) is 6. The number of hydrogen-bond donors (Lipinski definition) is 2. The van der Waals surface area contributed by atoms with Crippen molar-refractivity contribution in [3.63, 3.8) is 0 Å². The summed E-state index contributed by atoms with van der Waals surface area (Å²) >= 11 is 0. The van der Waals surface area contributed by atoms with Crippen LogP contribution < -0.4 is 15.4 Å². The SMILES string of the molecule is Cc1cc(NC(=O)NCC2=NOC(COc3ccccc3-c3ccc(F)nc3)C2)ccn1. The van der Waals surface area contributed by atoms with E-state index in [1.807, 2.05) is 31.2 Å². The lowest BCUT2D eigenvalue weighted by molar-refractivity contribution is 0.0472. The first kappa shape index (κ1) is 21.2. The quantitative estimate of drug-likeness (QED) is 0.548. The maximum absolute atomic E-state index is 13.1. The molecule has 32 heavy (non-hydrogen) atoms. The van der Waals surface area contributed by atoms with E-state index in [2.05, 4.69) is 25.8 Å². The number of aryl methyl sites for hydroxylation is 1. The largest absolute Gasteiger partial charge is 0.489 e. The highest BCUT2D eigenvalue weighted by Crippen LogP contribution is 2.29. The molecule has 1 aliphatic heterocycles. The smallest absolute Gasteiger partial charge is 0.319 e. The second-order valence-electron chi connectivity index (χ2n) is 7.26. The summed E-state index contributed by atoms with van der Waals surface area (Å²) in [7, 11) is 0. The first-order valence-corrected chi connectivity index (χ1v) is 10.1. The number of halogens is 1. The highest BCUT2D eigenvalue weighted by Gasteiger charge is 2.22. The number of anilines is 1. The van der Waals surface area contributed by atoms with Crippen LogP contribution in [0.25, 0.3) is 11.1 Å². The molecule has 0 spiro atoms. The third kappa shape index (κ3) is 5.57. The third-order valence-corrected chi connectivity index (χ3v) is 4.75. The fourth-order valence-electron chi connectivity index (χ4n) is 3.21. The Labute approximate surface area is 184 Å². The van der Waals surface area contributed by atoms with Gasteiger partial charge in [0.2, 0.25) is 5.95 Å². The van der Waals surface area contributed by atoms with E-state index in [0.717, 1.165) is 22.5 Å². The van der Waals surface area contributed by atoms with Gasteiger partial charge in [-0.15, -0.1) is 0 Å². The van der Waals surface area contributed by atoms with Crippen molar-refractivity contribution in [2.75, 3.05) is 18.5 Å². The van der Waals surface area contributed by atoms with Gasteiger partial charge in [-0.3, -0.25) is 4.98 Å². The molecule has 1 unspecified atom stereocenters. The van der Waals surface area contributed by atoms with E-state index in [9.17, 15) is 9.18 Å². The fraction of sp³-hybridized carbons (Fsp3) is 0.217. The summed E-state index contributed by atoms with van der Waals surface area (Å²) in [6, 6.07) is 13.6. The summed E-state index contributed by atoms with van der Waals surface area (Å²) in [5.74, 6) is 0.109. The number of amides is 2. The second-order valence-corrected chi connectivity index (χ2v) is 7.26. The van der Waals surface area contributed by atoms with Gasteiger partial charge < -0.3 is 20.2 Å². The van der Waals surface area contributed by atoms with E-state index in [-0.39, 0.29) is 25.3 Å². The summed E-state index contributed by atoms with van der Waals surface area (Å²) < 4.78 is 19.1. The van der Waals surface area contributed by atoms with Gasteiger partial charge in [0.05, 0.1) is 12.3 Å². The minimum absolute atomic E-state index is 0.267. The molecule has 9 heteroatoms. The first-order chi connectivity index (χ1) is 15.6. The van der Waals surface area contributed by atoms with Crippen molar-refractivity contribution >= 4 is 17.4 Å². The molecule has 0 saturated carbocycles. The topological polar surface area (TPSA) is 97.7 Å². The Hall–Kier alpha value is -4.01. The Bertz CT molecular complexity index is 1120. The zero-order valence-electron chi connectivity index (χ0n) is 17.4. The van der Waals surface area contributed by atoms with Crippen LogP contribution in [0.2, 0.25) is 0 Å². The van der Waals surface area contributed by atoms with E-state index in [4.69, 9.17) is 9.57 Å². The minimum atomic E-state index is -0.533. The summed E-state index contributed by atoms with van der Waals surface area (Å²) in [6.07, 6.45) is 3.37. The van der Waals surface area contributed by atoms with Crippen molar-refractivity contribution in [1.29, 1.82) is 0 Å². The molecule has 2 aromatic heterocycles. The number of para-hydroxylation sites is 1. The van der Waals surface area contributed by atoms with E-state index in [1.54, 1.807) is 24.4 Å². The molecule has 1 aliphatic rings. The molecule has 2 amide bonds. The molecule has 3 heterocycles. The van der Waals surface area contributed by atoms with Crippen LogP contribution in [0.3, 0.4) is 0 Å². The van der Waals surface area contributed by atoms with Gasteiger partial charge in [-0.1, -0.05) is 23.4 Å². The number of urea groups is 1. The average Bonchev–Trinajstić information content (AvgIpc) is 3.25. The maximum Gasteiger partial charge on any atom is 0.319 e. The lowest BCUT2D eigenvalue weighted by Gasteiger charge is -2.14. The van der Waals surface area contributed by atoms with E-state index >= 15 is 0 Å². The predicted octanol–water partition coefficient (Wildman–Crippen LogP) is 3.94. The number of rotatable bonds is 7. The molecular weight excluding hydrogens is 413 g/mol. The maximum atomic E-state index is 13.1. The number of pyridine rings is 2. The van der Waals surface area contributed by atoms with Crippen LogP contribution in [0, 0.1) is 12.9 Å². The number of aromatic nitrogens is 2. The molecule has 0 bridgehead atoms. The number of carbonyl (C=O) groups is 1. The van der Waals surface area contributed by atoms with Crippen LogP contribution in [-0.4, -0.2) is 41.0 Å². The van der Waals surface area contributed by atoms with Gasteiger partial charge in [0.25, 0.3) is 0 Å². The number of carbonyl (C=O) groups excluding carboxylic acids is 1. The summed E-state index contributed by atoms with van der Waals surface area (Å²) in [5.41, 5.74) is 3.77. The van der Waals surface area contributed by atoms with E-state index in [0.29, 0.717) is 17.9 Å². The Morgan fingerprint density at radius 2 is 2.09 bits per heavy atom. The first-order valence-electron chi connectivity index (χ1n) is 10.1. The monoisotopic (exact) mass is 435 g/mol. The summed E-state index contributed by atoms with van der Waals surface area (Å²) in [5, 5.41) is 9.56. The van der Waals surface area contributed by atoms with Crippen molar-refractivity contribution in [3.05, 3.63) is 72.6 Å². The molecule has 4 rings (SSSR count). The van der Waals surface area contributed by atoms with Gasteiger partial charge in [0, 0.05) is 41.3 Å². The molecule has 1 aromatic carbocycles. The molecule has 1 atom stereocenters. The van der Waals surface area contributed by atoms with E-state index < -0.39 is 5.95 Å². The second kappa shape index (κ2) is 9.86. The van der Waals surface area contributed by atoms with Crippen LogP contribution >= 0.6 is 0 Å². The molecule has 0 aliphatic carbocycles. The molecular formula is C23H22FN5O3. The van der Waals surface area contributed by atoms with Crippen LogP contribution in [-0.2, 0) is 4.84 Å². The predicted molar refractivity (Wildman–Crippen MR) is 118 cm³/mol. The lowest BCUT2D eigenvalue weighted by atomic mass is 10.1. The van der Waals surface area contributed by atoms with Crippen molar-refractivity contribution in [1.82, 2.24) is 15.3 Å². The summed E-state index contributed by atoms with van der Waals surface area (Å²) in [4.78, 5) is 25.3. The fourth-order valence-corrected chi connectivity index (χ4v) is 3.21. The van der Waals surface area contributed by atoms with E-state index in [1.165, 1.54) is 12.3 Å². The van der Waals surface area contributed by atoms with Crippen molar-refractivity contribution < 1.29 is 18.8 Å². The average molecular weight is 435 g/mol. The normalized spacial score (nSPS) is 14.9.